The largest absolute Gasteiger partial charge is 0.479 e. The molecule has 0 amide bonds. The van der Waals surface area contributed by atoms with Crippen LogP contribution in [0.25, 0.3) is 0 Å². The molecule has 0 saturated heterocycles. The summed E-state index contributed by atoms with van der Waals surface area (Å²) in [4.78, 5) is 0. The topological polar surface area (TPSA) is 35.2 Å². The summed E-state index contributed by atoms with van der Waals surface area (Å²) in [6, 6.07) is 3.90. The Balaban J connectivity index is 2.81. The molecule has 1 aromatic rings. The van der Waals surface area contributed by atoms with Crippen LogP contribution in [0.1, 0.15) is 0 Å². The van der Waals surface area contributed by atoms with Crippen molar-refractivity contribution in [1.82, 2.24) is 0 Å². The lowest BCUT2D eigenvalue weighted by atomic mass is 10.3. The van der Waals surface area contributed by atoms with Gasteiger partial charge in [-0.2, -0.15) is 0 Å². The Morgan fingerprint density at radius 2 is 2.33 bits per heavy atom. The fourth-order valence-electron chi connectivity index (χ4n) is 0.770. The molecule has 0 unspecified atom stereocenters. The number of ether oxygens (including phenoxy) is 1. The number of benzene rings is 1. The third-order valence-corrected chi connectivity index (χ3v) is 1.28. The average Bonchev–Trinajstić information content (AvgIpc) is 2.03. The van der Waals surface area contributed by atoms with Crippen molar-refractivity contribution in [3.8, 4) is 18.1 Å². The lowest BCUT2D eigenvalue weighted by molar-refractivity contribution is 0.371. The van der Waals surface area contributed by atoms with E-state index in [1.807, 2.05) is 0 Å². The fraction of sp³-hybridized carbons (Fsp3) is 0.111. The van der Waals surface area contributed by atoms with Crippen LogP contribution >= 0.6 is 0 Å². The highest BCUT2D eigenvalue weighted by molar-refractivity contribution is 5.52. The highest BCUT2D eigenvalue weighted by Gasteiger charge is 1.99. The molecular weight excluding hydrogens is 157 g/mol. The molecule has 0 saturated carbocycles. The summed E-state index contributed by atoms with van der Waals surface area (Å²) in [5.74, 6) is 2.31. The molecule has 1 aromatic carbocycles. The van der Waals surface area contributed by atoms with Crippen molar-refractivity contribution in [3.63, 3.8) is 0 Å². The van der Waals surface area contributed by atoms with Crippen LogP contribution < -0.4 is 10.5 Å². The second-order valence-corrected chi connectivity index (χ2v) is 2.17. The molecule has 0 aliphatic carbocycles. The third kappa shape index (κ3) is 1.89. The molecule has 3 heteroatoms. The fourth-order valence-corrected chi connectivity index (χ4v) is 0.770. The van der Waals surface area contributed by atoms with Crippen LogP contribution in [0.15, 0.2) is 18.2 Å². The lowest BCUT2D eigenvalue weighted by Crippen LogP contribution is -1.98. The van der Waals surface area contributed by atoms with E-state index in [1.54, 1.807) is 0 Å². The monoisotopic (exact) mass is 165 g/mol. The second-order valence-electron chi connectivity index (χ2n) is 2.17. The summed E-state index contributed by atoms with van der Waals surface area (Å²) >= 11 is 0. The molecule has 1 rings (SSSR count). The molecule has 0 spiro atoms. The van der Waals surface area contributed by atoms with E-state index < -0.39 is 0 Å². The van der Waals surface area contributed by atoms with Gasteiger partial charge in [0, 0.05) is 6.07 Å². The first-order valence-electron chi connectivity index (χ1n) is 3.35. The van der Waals surface area contributed by atoms with E-state index >= 15 is 0 Å². The average molecular weight is 165 g/mol. The van der Waals surface area contributed by atoms with Crippen LogP contribution in [0.4, 0.5) is 10.1 Å². The Morgan fingerprint density at radius 1 is 1.58 bits per heavy atom. The van der Waals surface area contributed by atoms with Crippen LogP contribution in [-0.4, -0.2) is 6.61 Å². The van der Waals surface area contributed by atoms with Crippen LogP contribution in [0.3, 0.4) is 0 Å². The van der Waals surface area contributed by atoms with Gasteiger partial charge in [0.05, 0.1) is 5.69 Å². The van der Waals surface area contributed by atoms with Crippen molar-refractivity contribution in [3.05, 3.63) is 24.0 Å². The minimum atomic E-state index is -0.388. The van der Waals surface area contributed by atoms with E-state index in [4.69, 9.17) is 16.9 Å². The zero-order valence-corrected chi connectivity index (χ0v) is 6.38. The van der Waals surface area contributed by atoms with Crippen molar-refractivity contribution in [2.45, 2.75) is 0 Å². The minimum Gasteiger partial charge on any atom is -0.479 e. The van der Waals surface area contributed by atoms with E-state index in [0.717, 1.165) is 0 Å². The predicted octanol–water partition coefficient (Wildman–Crippen LogP) is 1.42. The van der Waals surface area contributed by atoms with Gasteiger partial charge < -0.3 is 10.5 Å². The Hall–Kier alpha value is -1.69. The second kappa shape index (κ2) is 3.63. The summed E-state index contributed by atoms with van der Waals surface area (Å²) in [6.07, 6.45) is 4.97. The summed E-state index contributed by atoms with van der Waals surface area (Å²) in [7, 11) is 0. The quantitative estimate of drug-likeness (QED) is 0.531. The van der Waals surface area contributed by atoms with Gasteiger partial charge in [-0.1, -0.05) is 5.92 Å². The zero-order chi connectivity index (χ0) is 8.97. The molecule has 0 aliphatic heterocycles. The van der Waals surface area contributed by atoms with Gasteiger partial charge in [-0.25, -0.2) is 4.39 Å². The van der Waals surface area contributed by atoms with Gasteiger partial charge in [-0.05, 0) is 12.1 Å². The van der Waals surface area contributed by atoms with Crippen LogP contribution in [0.2, 0.25) is 0 Å². The maximum Gasteiger partial charge on any atom is 0.148 e. The molecule has 0 aliphatic rings. The molecule has 0 heterocycles. The van der Waals surface area contributed by atoms with E-state index in [0.29, 0.717) is 5.75 Å². The number of terminal acetylenes is 1. The number of anilines is 1. The van der Waals surface area contributed by atoms with Gasteiger partial charge >= 0.3 is 0 Å². The van der Waals surface area contributed by atoms with Crippen LogP contribution in [0, 0.1) is 18.2 Å². The third-order valence-electron chi connectivity index (χ3n) is 1.28. The molecule has 0 atom stereocenters. The number of rotatable bonds is 2. The summed E-state index contributed by atoms with van der Waals surface area (Å²) in [6.45, 7) is 0.135. The lowest BCUT2D eigenvalue weighted by Gasteiger charge is -2.04. The number of halogens is 1. The molecule has 2 nitrogen and oxygen atoms in total. The highest BCUT2D eigenvalue weighted by atomic mass is 19.1. The molecule has 0 aromatic heterocycles. The Labute approximate surface area is 70.1 Å². The Morgan fingerprint density at radius 3 is 2.92 bits per heavy atom. The molecule has 0 fully saturated rings. The Kier molecular flexibility index (Phi) is 2.54. The first-order valence-corrected chi connectivity index (χ1v) is 3.35. The highest BCUT2D eigenvalue weighted by Crippen LogP contribution is 2.21. The maximum atomic E-state index is 12.5. The Bertz CT molecular complexity index is 317. The predicted molar refractivity (Wildman–Crippen MR) is 45.1 cm³/mol. The summed E-state index contributed by atoms with van der Waals surface area (Å²) in [5.41, 5.74) is 5.68. The van der Waals surface area contributed by atoms with Crippen molar-refractivity contribution in [1.29, 1.82) is 0 Å². The minimum absolute atomic E-state index is 0.135. The molecule has 0 bridgehead atoms. The zero-order valence-electron chi connectivity index (χ0n) is 6.38. The first kappa shape index (κ1) is 8.41. The van der Waals surface area contributed by atoms with Gasteiger partial charge in [-0.3, -0.25) is 0 Å². The maximum absolute atomic E-state index is 12.5. The smallest absolute Gasteiger partial charge is 0.148 e. The van der Waals surface area contributed by atoms with Crippen molar-refractivity contribution >= 4 is 5.69 Å². The summed E-state index contributed by atoms with van der Waals surface area (Å²) < 4.78 is 17.5. The van der Waals surface area contributed by atoms with E-state index in [9.17, 15) is 4.39 Å². The molecule has 0 radical (unpaired) electrons. The van der Waals surface area contributed by atoms with Crippen molar-refractivity contribution in [2.24, 2.45) is 0 Å². The van der Waals surface area contributed by atoms with Gasteiger partial charge in [0.2, 0.25) is 0 Å². The van der Waals surface area contributed by atoms with E-state index in [1.165, 1.54) is 18.2 Å². The van der Waals surface area contributed by atoms with E-state index in [2.05, 4.69) is 5.92 Å². The van der Waals surface area contributed by atoms with Crippen LogP contribution in [-0.2, 0) is 0 Å². The van der Waals surface area contributed by atoms with E-state index in [-0.39, 0.29) is 18.1 Å². The van der Waals surface area contributed by atoms with Crippen LogP contribution in [0.5, 0.6) is 5.75 Å². The standard InChI is InChI=1S/C9H8FNO/c1-2-5-12-9-4-3-7(10)6-8(9)11/h1,3-4,6H,5,11H2. The number of nitrogens with two attached hydrogens (primary N) is 1. The van der Waals surface area contributed by atoms with Gasteiger partial charge in [0.15, 0.2) is 0 Å². The summed E-state index contributed by atoms with van der Waals surface area (Å²) in [5, 5.41) is 0. The molecular formula is C9H8FNO. The number of nitrogen functional groups attached to an aromatic ring is 1. The van der Waals surface area contributed by atoms with Gasteiger partial charge in [0.1, 0.15) is 18.2 Å². The van der Waals surface area contributed by atoms with Gasteiger partial charge in [-0.15, -0.1) is 6.42 Å². The van der Waals surface area contributed by atoms with Gasteiger partial charge in [0.25, 0.3) is 0 Å². The molecule has 12 heavy (non-hydrogen) atoms. The number of hydrogen-bond acceptors (Lipinski definition) is 2. The molecule has 62 valence electrons. The number of hydrogen-bond donors (Lipinski definition) is 1. The van der Waals surface area contributed by atoms with Crippen molar-refractivity contribution < 1.29 is 9.13 Å². The molecule has 2 N–H and O–H groups in total. The van der Waals surface area contributed by atoms with Crippen molar-refractivity contribution in [2.75, 3.05) is 12.3 Å². The normalized spacial score (nSPS) is 9.00. The first-order chi connectivity index (χ1) is 5.74. The SMILES string of the molecule is C#CCOc1ccc(F)cc1N.